The molecule has 0 aromatic carbocycles. The van der Waals surface area contributed by atoms with Crippen LogP contribution in [-0.4, -0.2) is 44.7 Å². The van der Waals surface area contributed by atoms with E-state index in [0.717, 1.165) is 25.8 Å². The van der Waals surface area contributed by atoms with Crippen molar-refractivity contribution >= 4 is 47.0 Å². The average molecular weight is 389 g/mol. The van der Waals surface area contributed by atoms with Crippen LogP contribution in [0, 0.1) is 4.77 Å². The maximum Gasteiger partial charge on any atom is 0.307 e. The van der Waals surface area contributed by atoms with Crippen molar-refractivity contribution in [1.29, 1.82) is 0 Å². The van der Waals surface area contributed by atoms with E-state index in [-0.39, 0.29) is 12.0 Å². The zero-order valence-electron chi connectivity index (χ0n) is 13.2. The van der Waals surface area contributed by atoms with Crippen molar-refractivity contribution in [3.8, 4) is 0 Å². The molecule has 0 N–H and O–H groups in total. The van der Waals surface area contributed by atoms with Crippen LogP contribution in [-0.2, 0) is 16.2 Å². The minimum Gasteiger partial charge on any atom is -0.469 e. The highest BCUT2D eigenvalue weighted by Crippen LogP contribution is 2.23. The van der Waals surface area contributed by atoms with E-state index >= 15 is 0 Å². The second kappa shape index (κ2) is 7.39. The third-order valence-corrected chi connectivity index (χ3v) is 5.19. The Morgan fingerprint density at radius 1 is 1.46 bits per heavy atom. The van der Waals surface area contributed by atoms with Crippen LogP contribution in [0.25, 0.3) is 5.65 Å². The molecule has 0 unspecified atom stereocenters. The van der Waals surface area contributed by atoms with E-state index in [1.807, 2.05) is 0 Å². The van der Waals surface area contributed by atoms with Gasteiger partial charge in [0.15, 0.2) is 5.65 Å². The summed E-state index contributed by atoms with van der Waals surface area (Å²) in [4.78, 5) is 13.9. The molecule has 9 heteroatoms. The second-order valence-electron chi connectivity index (χ2n) is 5.87. The summed E-state index contributed by atoms with van der Waals surface area (Å²) in [5, 5.41) is 5.47. The number of hydrogen-bond donors (Lipinski definition) is 0. The molecule has 3 heterocycles. The predicted molar refractivity (Wildman–Crippen MR) is 95.0 cm³/mol. The molecule has 1 aliphatic heterocycles. The van der Waals surface area contributed by atoms with Gasteiger partial charge in [-0.3, -0.25) is 14.1 Å². The Morgan fingerprint density at radius 2 is 2.25 bits per heavy atom. The first kappa shape index (κ1) is 17.7. The van der Waals surface area contributed by atoms with E-state index in [2.05, 4.69) is 10.00 Å². The molecule has 1 fully saturated rings. The fraction of sp³-hybridized carbons (Fsp3) is 0.533. The summed E-state index contributed by atoms with van der Waals surface area (Å²) < 4.78 is 8.76. The summed E-state index contributed by atoms with van der Waals surface area (Å²) in [5.41, 5.74) is 0.576. The monoisotopic (exact) mass is 388 g/mol. The van der Waals surface area contributed by atoms with Crippen LogP contribution < -0.4 is 0 Å². The van der Waals surface area contributed by atoms with Crippen molar-refractivity contribution in [1.82, 2.24) is 19.1 Å². The van der Waals surface area contributed by atoms with Gasteiger partial charge in [0.2, 0.25) is 4.77 Å². The van der Waals surface area contributed by atoms with Crippen molar-refractivity contribution in [2.75, 3.05) is 13.7 Å². The summed E-state index contributed by atoms with van der Waals surface area (Å²) in [6, 6.07) is 1.78. The van der Waals surface area contributed by atoms with Crippen LogP contribution in [0.2, 0.25) is 10.0 Å². The summed E-state index contributed by atoms with van der Waals surface area (Å²) >= 11 is 17.7. The Hall–Kier alpha value is -1.15. The standard InChI is InChI=1S/C15H18Cl2N4O2S/c1-23-13(22)7-11-4-2-3-5-19(11)9-21-15(24)20-8-10(16)6-12(17)14(20)18-21/h6,8,11H,2-5,7,9H2,1H3/t11-/m0/s1. The zero-order chi connectivity index (χ0) is 17.3. The predicted octanol–water partition coefficient (Wildman–Crippen LogP) is 3.55. The van der Waals surface area contributed by atoms with Gasteiger partial charge in [-0.15, -0.1) is 5.10 Å². The molecule has 0 radical (unpaired) electrons. The third kappa shape index (κ3) is 3.59. The van der Waals surface area contributed by atoms with Crippen molar-refractivity contribution in [3.05, 3.63) is 27.1 Å². The number of piperidine rings is 1. The van der Waals surface area contributed by atoms with E-state index in [1.54, 1.807) is 21.3 Å². The van der Waals surface area contributed by atoms with E-state index in [1.165, 1.54) is 7.11 Å². The molecule has 3 rings (SSSR count). The molecule has 1 saturated heterocycles. The van der Waals surface area contributed by atoms with Gasteiger partial charge in [-0.1, -0.05) is 29.6 Å². The number of nitrogens with zero attached hydrogens (tertiary/aromatic N) is 4. The number of rotatable bonds is 4. The van der Waals surface area contributed by atoms with Crippen LogP contribution in [0.5, 0.6) is 0 Å². The summed E-state index contributed by atoms with van der Waals surface area (Å²) in [6.45, 7) is 1.40. The number of esters is 1. The minimum atomic E-state index is -0.194. The number of likely N-dealkylation sites (tertiary alicyclic amines) is 1. The minimum absolute atomic E-state index is 0.136. The molecule has 1 aliphatic rings. The van der Waals surface area contributed by atoms with Gasteiger partial charge in [0.1, 0.15) is 0 Å². The molecule has 2 aromatic rings. The van der Waals surface area contributed by atoms with Crippen LogP contribution >= 0.6 is 35.4 Å². The molecule has 0 aliphatic carbocycles. The number of hydrogen-bond acceptors (Lipinski definition) is 5. The van der Waals surface area contributed by atoms with Gasteiger partial charge in [-0.2, -0.15) is 0 Å². The van der Waals surface area contributed by atoms with Gasteiger partial charge < -0.3 is 4.74 Å². The number of carbonyl (C=O) groups excluding carboxylic acids is 1. The molecule has 2 aromatic heterocycles. The molecule has 0 saturated carbocycles. The first-order valence-corrected chi connectivity index (χ1v) is 8.91. The lowest BCUT2D eigenvalue weighted by molar-refractivity contribution is -0.142. The van der Waals surface area contributed by atoms with Crippen LogP contribution in [0.4, 0.5) is 0 Å². The summed E-state index contributed by atoms with van der Waals surface area (Å²) in [5.74, 6) is -0.194. The smallest absolute Gasteiger partial charge is 0.307 e. The van der Waals surface area contributed by atoms with Gasteiger partial charge >= 0.3 is 5.97 Å². The summed E-state index contributed by atoms with van der Waals surface area (Å²) in [7, 11) is 1.42. The fourth-order valence-electron chi connectivity index (χ4n) is 3.06. The summed E-state index contributed by atoms with van der Waals surface area (Å²) in [6.07, 6.45) is 5.24. The fourth-order valence-corrected chi connectivity index (χ4v) is 3.81. The van der Waals surface area contributed by atoms with Crippen LogP contribution in [0.3, 0.4) is 0 Å². The number of methoxy groups -OCH3 is 1. The topological polar surface area (TPSA) is 51.8 Å². The van der Waals surface area contributed by atoms with Crippen molar-refractivity contribution in [2.45, 2.75) is 38.4 Å². The highest BCUT2D eigenvalue weighted by Gasteiger charge is 2.26. The molecule has 0 bridgehead atoms. The highest BCUT2D eigenvalue weighted by molar-refractivity contribution is 7.71. The molecule has 0 amide bonds. The van der Waals surface area contributed by atoms with Gasteiger partial charge in [-0.05, 0) is 31.1 Å². The van der Waals surface area contributed by atoms with Gasteiger partial charge in [0.05, 0.1) is 30.2 Å². The number of aromatic nitrogens is 3. The van der Waals surface area contributed by atoms with E-state index < -0.39 is 0 Å². The molecule has 130 valence electrons. The maximum atomic E-state index is 11.6. The first-order chi connectivity index (χ1) is 11.5. The number of fused-ring (bicyclic) bond motifs is 1. The zero-order valence-corrected chi connectivity index (χ0v) is 15.6. The molecular weight excluding hydrogens is 371 g/mol. The third-order valence-electron chi connectivity index (χ3n) is 4.30. The Bertz CT molecular complexity index is 820. The molecule has 6 nitrogen and oxygen atoms in total. The highest BCUT2D eigenvalue weighted by atomic mass is 35.5. The van der Waals surface area contributed by atoms with E-state index in [4.69, 9.17) is 40.2 Å². The van der Waals surface area contributed by atoms with Crippen molar-refractivity contribution in [2.24, 2.45) is 0 Å². The number of halogens is 2. The lowest BCUT2D eigenvalue weighted by Crippen LogP contribution is -2.42. The molecule has 24 heavy (non-hydrogen) atoms. The molecule has 0 spiro atoms. The van der Waals surface area contributed by atoms with Gasteiger partial charge in [0, 0.05) is 18.8 Å². The largest absolute Gasteiger partial charge is 0.469 e. The van der Waals surface area contributed by atoms with Gasteiger partial charge in [0.25, 0.3) is 0 Å². The maximum absolute atomic E-state index is 11.6. The van der Waals surface area contributed by atoms with E-state index in [9.17, 15) is 4.79 Å². The lowest BCUT2D eigenvalue weighted by Gasteiger charge is -2.34. The van der Waals surface area contributed by atoms with Crippen LogP contribution in [0.15, 0.2) is 12.3 Å². The molecule has 1 atom stereocenters. The average Bonchev–Trinajstić information content (AvgIpc) is 2.86. The second-order valence-corrected chi connectivity index (χ2v) is 7.07. The number of carbonyl (C=O) groups is 1. The number of pyridine rings is 1. The lowest BCUT2D eigenvalue weighted by atomic mass is 10.00. The Balaban J connectivity index is 1.87. The van der Waals surface area contributed by atoms with E-state index in [0.29, 0.717) is 33.6 Å². The first-order valence-electron chi connectivity index (χ1n) is 7.74. The van der Waals surface area contributed by atoms with Crippen LogP contribution in [0.1, 0.15) is 25.7 Å². The van der Waals surface area contributed by atoms with Crippen molar-refractivity contribution < 1.29 is 9.53 Å². The molecular formula is C15H18Cl2N4O2S. The normalized spacial score (nSPS) is 18.9. The van der Waals surface area contributed by atoms with Crippen molar-refractivity contribution in [3.63, 3.8) is 0 Å². The SMILES string of the molecule is COC(=O)C[C@@H]1CCCCN1Cn1nc2c(Cl)cc(Cl)cn2c1=S. The Kier molecular flexibility index (Phi) is 5.44. The number of ether oxygens (including phenoxy) is 1. The Labute approximate surface area is 154 Å². The quantitative estimate of drug-likeness (QED) is 0.591. The van der Waals surface area contributed by atoms with Gasteiger partial charge in [-0.25, -0.2) is 4.68 Å². The Morgan fingerprint density at radius 3 is 3.00 bits per heavy atom.